The lowest BCUT2D eigenvalue weighted by Crippen LogP contribution is -2.22. The molecule has 3 aromatic rings. The van der Waals surface area contributed by atoms with Crippen molar-refractivity contribution in [2.24, 2.45) is 5.92 Å². The van der Waals surface area contributed by atoms with Crippen molar-refractivity contribution in [2.45, 2.75) is 66.4 Å². The van der Waals surface area contributed by atoms with Crippen molar-refractivity contribution in [3.05, 3.63) is 82.9 Å². The van der Waals surface area contributed by atoms with Gasteiger partial charge in [0.25, 0.3) is 0 Å². The van der Waals surface area contributed by atoms with Crippen LogP contribution in [0.2, 0.25) is 0 Å². The summed E-state index contributed by atoms with van der Waals surface area (Å²) in [4.78, 5) is 11.3. The summed E-state index contributed by atoms with van der Waals surface area (Å²) in [6.45, 7) is 9.49. The molecule has 0 fully saturated rings. The summed E-state index contributed by atoms with van der Waals surface area (Å²) >= 11 is 0. The molecule has 4 heteroatoms. The Balaban J connectivity index is 0.00000167. The summed E-state index contributed by atoms with van der Waals surface area (Å²) in [5, 5.41) is 9.27. The van der Waals surface area contributed by atoms with E-state index in [1.807, 2.05) is 26.0 Å². The van der Waals surface area contributed by atoms with Crippen LogP contribution in [0.3, 0.4) is 0 Å². The molecule has 1 aliphatic rings. The minimum absolute atomic E-state index is 0.270. The largest absolute Gasteiger partial charge is 0.493 e. The molecule has 0 amide bonds. The van der Waals surface area contributed by atoms with Crippen LogP contribution in [0.5, 0.6) is 11.5 Å². The van der Waals surface area contributed by atoms with Crippen LogP contribution in [-0.2, 0) is 24.2 Å². The van der Waals surface area contributed by atoms with E-state index < -0.39 is 5.97 Å². The Labute approximate surface area is 209 Å². The van der Waals surface area contributed by atoms with Crippen LogP contribution in [0.1, 0.15) is 62.3 Å². The van der Waals surface area contributed by atoms with E-state index in [9.17, 15) is 9.90 Å². The van der Waals surface area contributed by atoms with E-state index in [-0.39, 0.29) is 5.92 Å². The number of carboxylic acid groups (broad SMARTS) is 1. The van der Waals surface area contributed by atoms with Crippen LogP contribution in [0.25, 0.3) is 11.1 Å². The van der Waals surface area contributed by atoms with Crippen molar-refractivity contribution in [2.75, 3.05) is 6.61 Å². The molecule has 0 saturated carbocycles. The Morgan fingerprint density at radius 2 is 1.74 bits per heavy atom. The number of carbonyl (C=O) groups is 1. The molecule has 0 heterocycles. The quantitative estimate of drug-likeness (QED) is 0.324. The molecule has 186 valence electrons. The van der Waals surface area contributed by atoms with Gasteiger partial charge in [-0.2, -0.15) is 0 Å². The minimum atomic E-state index is -0.699. The number of aliphatic carboxylic acids is 1. The van der Waals surface area contributed by atoms with Crippen molar-refractivity contribution < 1.29 is 19.4 Å². The zero-order chi connectivity index (χ0) is 25.2. The summed E-state index contributed by atoms with van der Waals surface area (Å²) in [5.41, 5.74) is 6.89. The lowest BCUT2D eigenvalue weighted by Gasteiger charge is -2.22. The number of ether oxygens (including phenoxy) is 2. The molecule has 0 radical (unpaired) electrons. The van der Waals surface area contributed by atoms with Gasteiger partial charge >= 0.3 is 5.97 Å². The third-order valence-electron chi connectivity index (χ3n) is 6.32. The van der Waals surface area contributed by atoms with Gasteiger partial charge < -0.3 is 14.6 Å². The van der Waals surface area contributed by atoms with Crippen LogP contribution in [0.4, 0.5) is 0 Å². The Morgan fingerprint density at radius 3 is 2.46 bits per heavy atom. The zero-order valence-electron chi connectivity index (χ0n) is 21.5. The van der Waals surface area contributed by atoms with Crippen LogP contribution >= 0.6 is 0 Å². The van der Waals surface area contributed by atoms with E-state index in [4.69, 9.17) is 9.47 Å². The first kappa shape index (κ1) is 26.3. The first-order valence-electron chi connectivity index (χ1n) is 12.8. The van der Waals surface area contributed by atoms with Gasteiger partial charge in [0.05, 0.1) is 12.5 Å². The number of rotatable bonds is 9. The van der Waals surface area contributed by atoms with E-state index in [2.05, 4.69) is 62.4 Å². The Bertz CT molecular complexity index is 1100. The highest BCUT2D eigenvalue weighted by Gasteiger charge is 2.24. The summed E-state index contributed by atoms with van der Waals surface area (Å²) < 4.78 is 12.1. The number of benzene rings is 3. The molecule has 0 saturated heterocycles. The van der Waals surface area contributed by atoms with Gasteiger partial charge in [-0.3, -0.25) is 4.79 Å². The lowest BCUT2D eigenvalue weighted by molar-refractivity contribution is -0.142. The number of carboxylic acids is 1. The first-order chi connectivity index (χ1) is 17.0. The summed E-state index contributed by atoms with van der Waals surface area (Å²) in [6.07, 6.45) is 4.25. The number of aryl methyl sites for hydroxylation is 2. The average Bonchev–Trinajstić information content (AvgIpc) is 2.89. The maximum Gasteiger partial charge on any atom is 0.306 e. The highest BCUT2D eigenvalue weighted by Crippen LogP contribution is 2.32. The molecule has 4 rings (SSSR count). The molecule has 4 nitrogen and oxygen atoms in total. The second kappa shape index (κ2) is 13.0. The normalized spacial score (nSPS) is 14.3. The SMILES string of the molecule is CC.CCCCOc1ccc(C)cc1-c1ccc(COc2ccc3c(c2)CCC(C(=O)O)C3)cc1. The predicted octanol–water partition coefficient (Wildman–Crippen LogP) is 7.64. The minimum Gasteiger partial charge on any atom is -0.493 e. The Morgan fingerprint density at radius 1 is 0.971 bits per heavy atom. The lowest BCUT2D eigenvalue weighted by atomic mass is 9.84. The molecule has 35 heavy (non-hydrogen) atoms. The van der Waals surface area contributed by atoms with Crippen molar-refractivity contribution in [1.29, 1.82) is 0 Å². The van der Waals surface area contributed by atoms with E-state index in [1.54, 1.807) is 0 Å². The molecule has 0 bridgehead atoms. The van der Waals surface area contributed by atoms with Crippen molar-refractivity contribution in [1.82, 2.24) is 0 Å². The smallest absolute Gasteiger partial charge is 0.306 e. The second-order valence-electron chi connectivity index (χ2n) is 8.90. The predicted molar refractivity (Wildman–Crippen MR) is 142 cm³/mol. The fourth-order valence-electron chi connectivity index (χ4n) is 4.30. The highest BCUT2D eigenvalue weighted by atomic mass is 16.5. The van der Waals surface area contributed by atoms with Gasteiger partial charge in [-0.15, -0.1) is 0 Å². The standard InChI is InChI=1S/C29H32O4.C2H6/c1-3-4-15-32-28-14-5-20(2)16-27(28)22-8-6-21(7-9-22)19-33-26-13-12-23-17-25(29(30)31)11-10-24(23)18-26;1-2/h5-9,12-14,16,18,25H,3-4,10-11,15,17,19H2,1-2H3,(H,30,31);1-2H3. The number of unbranched alkanes of at least 4 members (excludes halogenated alkanes) is 1. The molecule has 1 unspecified atom stereocenters. The molecular weight excluding hydrogens is 436 g/mol. The van der Waals surface area contributed by atoms with E-state index in [0.717, 1.165) is 59.6 Å². The van der Waals surface area contributed by atoms with Crippen molar-refractivity contribution in [3.8, 4) is 22.6 Å². The van der Waals surface area contributed by atoms with Gasteiger partial charge in [-0.1, -0.05) is 69.2 Å². The molecule has 3 aromatic carbocycles. The highest BCUT2D eigenvalue weighted by molar-refractivity contribution is 5.72. The Hall–Kier alpha value is -3.27. The van der Waals surface area contributed by atoms with Crippen molar-refractivity contribution >= 4 is 5.97 Å². The van der Waals surface area contributed by atoms with Gasteiger partial charge in [0, 0.05) is 5.56 Å². The number of hydrogen-bond donors (Lipinski definition) is 1. The zero-order valence-corrected chi connectivity index (χ0v) is 21.5. The second-order valence-corrected chi connectivity index (χ2v) is 8.90. The van der Waals surface area contributed by atoms with Gasteiger partial charge in [0.1, 0.15) is 18.1 Å². The van der Waals surface area contributed by atoms with E-state index >= 15 is 0 Å². The number of fused-ring (bicyclic) bond motifs is 1. The topological polar surface area (TPSA) is 55.8 Å². The fourth-order valence-corrected chi connectivity index (χ4v) is 4.30. The van der Waals surface area contributed by atoms with Crippen LogP contribution in [-0.4, -0.2) is 17.7 Å². The van der Waals surface area contributed by atoms with Gasteiger partial charge in [0.15, 0.2) is 0 Å². The molecule has 0 aliphatic heterocycles. The third-order valence-corrected chi connectivity index (χ3v) is 6.32. The average molecular weight is 475 g/mol. The van der Waals surface area contributed by atoms with E-state index in [0.29, 0.717) is 19.4 Å². The number of hydrogen-bond acceptors (Lipinski definition) is 3. The van der Waals surface area contributed by atoms with Crippen LogP contribution in [0.15, 0.2) is 60.7 Å². The van der Waals surface area contributed by atoms with Crippen molar-refractivity contribution in [3.63, 3.8) is 0 Å². The molecule has 1 N–H and O–H groups in total. The van der Waals surface area contributed by atoms with Crippen LogP contribution in [0, 0.1) is 12.8 Å². The summed E-state index contributed by atoms with van der Waals surface area (Å²) in [6, 6.07) is 20.8. The van der Waals surface area contributed by atoms with E-state index in [1.165, 1.54) is 11.1 Å². The molecule has 1 atom stereocenters. The maximum atomic E-state index is 11.3. The van der Waals surface area contributed by atoms with Gasteiger partial charge in [-0.25, -0.2) is 0 Å². The van der Waals surface area contributed by atoms with Crippen LogP contribution < -0.4 is 9.47 Å². The summed E-state index contributed by atoms with van der Waals surface area (Å²) in [7, 11) is 0. The fraction of sp³-hybridized carbons (Fsp3) is 0.387. The molecule has 1 aliphatic carbocycles. The van der Waals surface area contributed by atoms with Gasteiger partial charge in [-0.05, 0) is 79.1 Å². The Kier molecular flexibility index (Phi) is 9.77. The molecular formula is C31H38O4. The summed E-state index contributed by atoms with van der Waals surface area (Å²) in [5.74, 6) is 0.789. The molecule has 0 spiro atoms. The first-order valence-corrected chi connectivity index (χ1v) is 12.8. The maximum absolute atomic E-state index is 11.3. The molecule has 0 aromatic heterocycles. The van der Waals surface area contributed by atoms with Gasteiger partial charge in [0.2, 0.25) is 0 Å². The monoisotopic (exact) mass is 474 g/mol. The third kappa shape index (κ3) is 7.11.